The largest absolute Gasteiger partial charge is 0.299 e. The van der Waals surface area contributed by atoms with Gasteiger partial charge in [-0.05, 0) is 30.2 Å². The Hall–Kier alpha value is -1.06. The van der Waals surface area contributed by atoms with Crippen LogP contribution in [0, 0.1) is 6.92 Å². The van der Waals surface area contributed by atoms with E-state index in [-0.39, 0.29) is 0 Å². The van der Waals surface area contributed by atoms with E-state index in [1.807, 2.05) is 0 Å². The molecule has 3 heteroatoms. The molecule has 2 aromatic rings. The number of pyridine rings is 1. The molecule has 0 bridgehead atoms. The van der Waals surface area contributed by atoms with Gasteiger partial charge in [0.15, 0.2) is 0 Å². The zero-order chi connectivity index (χ0) is 13.4. The van der Waals surface area contributed by atoms with Gasteiger partial charge in [0, 0.05) is 36.3 Å². The van der Waals surface area contributed by atoms with Crippen LogP contribution in [-0.2, 0) is 18.7 Å². The zero-order valence-corrected chi connectivity index (χ0v) is 12.5. The molecule has 0 saturated carbocycles. The zero-order valence-electron chi connectivity index (χ0n) is 11.6. The Morgan fingerprint density at radius 3 is 2.95 bits per heavy atom. The summed E-state index contributed by atoms with van der Waals surface area (Å²) in [6.07, 6.45) is 1.06. The number of fused-ring (bicyclic) bond motifs is 2. The standard InChI is InChI=1S/C16H20N2S/c1-3-18-8-7-15-13(9-18)14(10-19)12-6-4-5-11(2)16(12)17-15/h4-6,19H,3,7-10H2,1-2H3. The van der Waals surface area contributed by atoms with Crippen LogP contribution in [0.4, 0.5) is 0 Å². The average molecular weight is 272 g/mol. The van der Waals surface area contributed by atoms with E-state index in [0.717, 1.165) is 37.3 Å². The summed E-state index contributed by atoms with van der Waals surface area (Å²) in [5.74, 6) is 0.794. The van der Waals surface area contributed by atoms with Gasteiger partial charge in [-0.3, -0.25) is 9.88 Å². The van der Waals surface area contributed by atoms with Crippen molar-refractivity contribution in [3.05, 3.63) is 40.6 Å². The van der Waals surface area contributed by atoms with E-state index in [0.29, 0.717) is 0 Å². The molecular formula is C16H20N2S. The Bertz CT molecular complexity index is 622. The first kappa shape index (κ1) is 12.9. The topological polar surface area (TPSA) is 16.1 Å². The maximum atomic E-state index is 4.93. The lowest BCUT2D eigenvalue weighted by Gasteiger charge is -2.29. The third-order valence-corrected chi connectivity index (χ3v) is 4.49. The van der Waals surface area contributed by atoms with E-state index in [1.54, 1.807) is 0 Å². The molecule has 0 atom stereocenters. The van der Waals surface area contributed by atoms with E-state index >= 15 is 0 Å². The highest BCUT2D eigenvalue weighted by Crippen LogP contribution is 2.30. The number of thiol groups is 1. The van der Waals surface area contributed by atoms with Crippen LogP contribution in [0.15, 0.2) is 18.2 Å². The van der Waals surface area contributed by atoms with Gasteiger partial charge in [0.2, 0.25) is 0 Å². The predicted octanol–water partition coefficient (Wildman–Crippen LogP) is 3.35. The Morgan fingerprint density at radius 2 is 2.21 bits per heavy atom. The molecule has 0 aliphatic carbocycles. The minimum atomic E-state index is 0.794. The first-order valence-corrected chi connectivity index (χ1v) is 7.61. The number of aryl methyl sites for hydroxylation is 1. The Kier molecular flexibility index (Phi) is 3.50. The summed E-state index contributed by atoms with van der Waals surface area (Å²) in [4.78, 5) is 7.42. The second-order valence-corrected chi connectivity index (χ2v) is 5.58. The smallest absolute Gasteiger partial charge is 0.0737 e. The van der Waals surface area contributed by atoms with Gasteiger partial charge in [0.1, 0.15) is 0 Å². The van der Waals surface area contributed by atoms with Crippen LogP contribution >= 0.6 is 12.6 Å². The number of hydrogen-bond donors (Lipinski definition) is 1. The van der Waals surface area contributed by atoms with Crippen LogP contribution in [0.2, 0.25) is 0 Å². The van der Waals surface area contributed by atoms with Crippen molar-refractivity contribution in [2.24, 2.45) is 0 Å². The summed E-state index contributed by atoms with van der Waals surface area (Å²) in [5, 5.41) is 1.28. The maximum Gasteiger partial charge on any atom is 0.0737 e. The normalized spacial score (nSPS) is 15.7. The number of nitrogens with zero attached hydrogens (tertiary/aromatic N) is 2. The lowest BCUT2D eigenvalue weighted by atomic mass is 9.95. The second-order valence-electron chi connectivity index (χ2n) is 5.26. The van der Waals surface area contributed by atoms with Crippen molar-refractivity contribution in [3.8, 4) is 0 Å². The van der Waals surface area contributed by atoms with Crippen molar-refractivity contribution in [1.29, 1.82) is 0 Å². The Labute approximate surface area is 120 Å². The molecule has 2 heterocycles. The number of aromatic nitrogens is 1. The van der Waals surface area contributed by atoms with Crippen LogP contribution in [0.1, 0.15) is 29.3 Å². The molecule has 100 valence electrons. The molecule has 1 aromatic heterocycles. The molecule has 0 amide bonds. The van der Waals surface area contributed by atoms with Gasteiger partial charge in [-0.25, -0.2) is 0 Å². The van der Waals surface area contributed by atoms with Crippen molar-refractivity contribution in [1.82, 2.24) is 9.88 Å². The fraction of sp³-hybridized carbons (Fsp3) is 0.438. The van der Waals surface area contributed by atoms with Crippen molar-refractivity contribution < 1.29 is 0 Å². The highest BCUT2D eigenvalue weighted by atomic mass is 32.1. The van der Waals surface area contributed by atoms with Crippen LogP contribution in [0.3, 0.4) is 0 Å². The minimum absolute atomic E-state index is 0.794. The molecule has 0 fully saturated rings. The van der Waals surface area contributed by atoms with E-state index in [2.05, 4.69) is 49.6 Å². The highest BCUT2D eigenvalue weighted by molar-refractivity contribution is 7.79. The fourth-order valence-electron chi connectivity index (χ4n) is 3.00. The van der Waals surface area contributed by atoms with Gasteiger partial charge in [-0.1, -0.05) is 25.1 Å². The molecule has 0 spiro atoms. The van der Waals surface area contributed by atoms with Gasteiger partial charge < -0.3 is 0 Å². The summed E-state index contributed by atoms with van der Waals surface area (Å²) in [6, 6.07) is 6.45. The molecule has 0 radical (unpaired) electrons. The second kappa shape index (κ2) is 5.14. The van der Waals surface area contributed by atoms with E-state index in [4.69, 9.17) is 4.98 Å². The Balaban J connectivity index is 2.26. The van der Waals surface area contributed by atoms with Gasteiger partial charge >= 0.3 is 0 Å². The third kappa shape index (κ3) is 2.15. The summed E-state index contributed by atoms with van der Waals surface area (Å²) in [6.45, 7) is 7.63. The minimum Gasteiger partial charge on any atom is -0.299 e. The molecule has 1 aliphatic rings. The van der Waals surface area contributed by atoms with E-state index < -0.39 is 0 Å². The summed E-state index contributed by atoms with van der Waals surface area (Å²) in [7, 11) is 0. The van der Waals surface area contributed by atoms with Gasteiger partial charge in [-0.2, -0.15) is 12.6 Å². The number of para-hydroxylation sites is 1. The lowest BCUT2D eigenvalue weighted by molar-refractivity contribution is 0.265. The third-order valence-electron chi connectivity index (χ3n) is 4.17. The molecule has 1 aliphatic heterocycles. The number of rotatable bonds is 2. The van der Waals surface area contributed by atoms with Gasteiger partial charge in [0.25, 0.3) is 0 Å². The molecule has 0 N–H and O–H groups in total. The van der Waals surface area contributed by atoms with E-state index in [1.165, 1.54) is 27.8 Å². The van der Waals surface area contributed by atoms with Crippen LogP contribution in [0.5, 0.6) is 0 Å². The highest BCUT2D eigenvalue weighted by Gasteiger charge is 2.21. The molecule has 1 aromatic carbocycles. The SMILES string of the molecule is CCN1CCc2nc3c(C)cccc3c(CS)c2C1. The van der Waals surface area contributed by atoms with Crippen LogP contribution < -0.4 is 0 Å². The van der Waals surface area contributed by atoms with Crippen molar-refractivity contribution in [2.75, 3.05) is 13.1 Å². The molecule has 2 nitrogen and oxygen atoms in total. The molecule has 19 heavy (non-hydrogen) atoms. The van der Waals surface area contributed by atoms with Gasteiger partial charge in [0.05, 0.1) is 5.52 Å². The summed E-state index contributed by atoms with van der Waals surface area (Å²) < 4.78 is 0. The van der Waals surface area contributed by atoms with Crippen LogP contribution in [-0.4, -0.2) is 23.0 Å². The van der Waals surface area contributed by atoms with Gasteiger partial charge in [-0.15, -0.1) is 0 Å². The first-order chi connectivity index (χ1) is 9.24. The predicted molar refractivity (Wildman–Crippen MR) is 83.8 cm³/mol. The number of likely N-dealkylation sites (N-methyl/N-ethyl adjacent to an activating group) is 1. The number of benzene rings is 1. The molecular weight excluding hydrogens is 252 g/mol. The molecule has 0 saturated heterocycles. The first-order valence-electron chi connectivity index (χ1n) is 6.97. The molecule has 3 rings (SSSR count). The Morgan fingerprint density at radius 1 is 1.37 bits per heavy atom. The van der Waals surface area contributed by atoms with E-state index in [9.17, 15) is 0 Å². The van der Waals surface area contributed by atoms with Crippen molar-refractivity contribution in [3.63, 3.8) is 0 Å². The van der Waals surface area contributed by atoms with Crippen LogP contribution in [0.25, 0.3) is 10.9 Å². The lowest BCUT2D eigenvalue weighted by Crippen LogP contribution is -2.31. The number of hydrogen-bond acceptors (Lipinski definition) is 3. The quantitative estimate of drug-likeness (QED) is 0.844. The summed E-state index contributed by atoms with van der Waals surface area (Å²) in [5.41, 5.74) is 6.51. The molecule has 0 unspecified atom stereocenters. The monoisotopic (exact) mass is 272 g/mol. The maximum absolute atomic E-state index is 4.93. The summed E-state index contributed by atoms with van der Waals surface area (Å²) >= 11 is 4.57. The van der Waals surface area contributed by atoms with Crippen molar-refractivity contribution >= 4 is 23.5 Å². The van der Waals surface area contributed by atoms with Crippen molar-refractivity contribution in [2.45, 2.75) is 32.6 Å². The fourth-order valence-corrected chi connectivity index (χ4v) is 3.36. The average Bonchev–Trinajstić information content (AvgIpc) is 2.45.